The number of aliphatic hydroxyl groups is 1. The number of aromatic nitrogens is 1. The van der Waals surface area contributed by atoms with Crippen molar-refractivity contribution < 1.29 is 14.6 Å². The molecule has 2 rings (SSSR count). The Morgan fingerprint density at radius 3 is 2.75 bits per heavy atom. The van der Waals surface area contributed by atoms with E-state index in [-0.39, 0.29) is 31.2 Å². The third-order valence-corrected chi connectivity index (χ3v) is 4.43. The molecule has 0 aliphatic heterocycles. The minimum atomic E-state index is -0.248. The number of Topliss-reactive ketones (excluding diaryl/α,β-unsaturated/α-hetero) is 1. The van der Waals surface area contributed by atoms with Gasteiger partial charge in [0.05, 0.1) is 13.2 Å². The van der Waals surface area contributed by atoms with Gasteiger partial charge in [-0.25, -0.2) is 0 Å². The van der Waals surface area contributed by atoms with Gasteiger partial charge in [0.15, 0.2) is 5.78 Å². The van der Waals surface area contributed by atoms with Crippen molar-refractivity contribution in [1.29, 1.82) is 0 Å². The monoisotopic (exact) mass is 413 g/mol. The molecule has 1 aromatic carbocycles. The number of carbonyl (C=O) groups is 1. The summed E-state index contributed by atoms with van der Waals surface area (Å²) in [5, 5.41) is 9.28. The predicted molar refractivity (Wildman–Crippen MR) is 95.9 cm³/mol. The first-order valence-electron chi connectivity index (χ1n) is 7.28. The molecule has 0 saturated heterocycles. The number of ether oxygens (including phenoxy) is 1. The molecule has 0 aliphatic carbocycles. The van der Waals surface area contributed by atoms with Crippen LogP contribution in [-0.2, 0) is 18.2 Å². The summed E-state index contributed by atoms with van der Waals surface area (Å²) in [5.74, 6) is -0.248. The van der Waals surface area contributed by atoms with Crippen LogP contribution < -0.4 is 5.56 Å². The van der Waals surface area contributed by atoms with E-state index in [1.165, 1.54) is 16.7 Å². The third kappa shape index (κ3) is 4.54. The van der Waals surface area contributed by atoms with Gasteiger partial charge in [-0.3, -0.25) is 9.59 Å². The summed E-state index contributed by atoms with van der Waals surface area (Å²) in [6, 6.07) is 8.33. The van der Waals surface area contributed by atoms with Crippen LogP contribution in [0.5, 0.6) is 0 Å². The van der Waals surface area contributed by atoms with E-state index in [1.807, 2.05) is 12.1 Å². The number of carbonyl (C=O) groups excluding carboxylic acids is 1. The summed E-state index contributed by atoms with van der Waals surface area (Å²) in [6.07, 6.45) is 0.347. The third-order valence-electron chi connectivity index (χ3n) is 3.58. The molecule has 1 heterocycles. The molecule has 7 heteroatoms. The van der Waals surface area contributed by atoms with E-state index >= 15 is 0 Å². The largest absolute Gasteiger partial charge is 0.394 e. The molecule has 0 atom stereocenters. The van der Waals surface area contributed by atoms with Crippen molar-refractivity contribution in [3.05, 3.63) is 67.0 Å². The fraction of sp³-hybridized carbons (Fsp3) is 0.294. The molecule has 0 spiro atoms. The number of halogens is 2. The first-order chi connectivity index (χ1) is 11.4. The second-order valence-electron chi connectivity index (χ2n) is 5.20. The number of hydrogen-bond acceptors (Lipinski definition) is 4. The Bertz CT molecular complexity index is 804. The first-order valence-corrected chi connectivity index (χ1v) is 8.45. The van der Waals surface area contributed by atoms with Crippen LogP contribution in [0.15, 0.2) is 39.6 Å². The van der Waals surface area contributed by atoms with Crippen LogP contribution in [0.1, 0.15) is 21.6 Å². The van der Waals surface area contributed by atoms with E-state index in [2.05, 4.69) is 15.9 Å². The fourth-order valence-corrected chi connectivity index (χ4v) is 3.04. The fourth-order valence-electron chi connectivity index (χ4n) is 2.30. The van der Waals surface area contributed by atoms with Crippen LogP contribution in [0.2, 0.25) is 5.02 Å². The number of ketones is 1. The van der Waals surface area contributed by atoms with Crippen LogP contribution >= 0.6 is 27.5 Å². The van der Waals surface area contributed by atoms with Crippen LogP contribution in [0.3, 0.4) is 0 Å². The normalized spacial score (nSPS) is 10.8. The van der Waals surface area contributed by atoms with Crippen molar-refractivity contribution in [3.63, 3.8) is 0 Å². The zero-order valence-corrected chi connectivity index (χ0v) is 15.4. The molecule has 0 amide bonds. The molecule has 1 N–H and O–H groups in total. The molecular weight excluding hydrogens is 398 g/mol. The van der Waals surface area contributed by atoms with Crippen molar-refractivity contribution in [2.24, 2.45) is 7.05 Å². The van der Waals surface area contributed by atoms with E-state index in [4.69, 9.17) is 21.4 Å². The van der Waals surface area contributed by atoms with Crippen LogP contribution in [0, 0.1) is 0 Å². The summed E-state index contributed by atoms with van der Waals surface area (Å²) in [5.41, 5.74) is 1.59. The van der Waals surface area contributed by atoms with Gasteiger partial charge >= 0.3 is 0 Å². The van der Waals surface area contributed by atoms with Gasteiger partial charge in [0.1, 0.15) is 6.61 Å². The Kier molecular flexibility index (Phi) is 6.74. The van der Waals surface area contributed by atoms with Crippen LogP contribution in [0.4, 0.5) is 0 Å². The lowest BCUT2D eigenvalue weighted by Crippen LogP contribution is -2.24. The second kappa shape index (κ2) is 8.58. The lowest BCUT2D eigenvalue weighted by Gasteiger charge is -2.14. The highest BCUT2D eigenvalue weighted by Crippen LogP contribution is 2.24. The molecule has 0 saturated carbocycles. The molecule has 0 bridgehead atoms. The predicted octanol–water partition coefficient (Wildman–Crippen LogP) is 2.58. The van der Waals surface area contributed by atoms with Crippen LogP contribution in [0.25, 0.3) is 0 Å². The summed E-state index contributed by atoms with van der Waals surface area (Å²) in [7, 11) is 1.62. The lowest BCUT2D eigenvalue weighted by atomic mass is 10.0. The Morgan fingerprint density at radius 2 is 2.08 bits per heavy atom. The van der Waals surface area contributed by atoms with Gasteiger partial charge in [-0.15, -0.1) is 0 Å². The molecule has 128 valence electrons. The van der Waals surface area contributed by atoms with E-state index in [9.17, 15) is 9.59 Å². The molecule has 0 unspecified atom stereocenters. The van der Waals surface area contributed by atoms with E-state index in [1.54, 1.807) is 13.1 Å². The molecule has 0 aliphatic rings. The summed E-state index contributed by atoms with van der Waals surface area (Å²) >= 11 is 9.60. The van der Waals surface area contributed by atoms with Gasteiger partial charge < -0.3 is 14.4 Å². The van der Waals surface area contributed by atoms with Gasteiger partial charge in [0.25, 0.3) is 5.56 Å². The maximum absolute atomic E-state index is 12.4. The molecule has 1 aromatic heterocycles. The summed E-state index contributed by atoms with van der Waals surface area (Å²) < 4.78 is 7.39. The zero-order valence-electron chi connectivity index (χ0n) is 13.1. The van der Waals surface area contributed by atoms with Crippen LogP contribution in [-0.4, -0.2) is 35.3 Å². The van der Waals surface area contributed by atoms with E-state index < -0.39 is 0 Å². The minimum absolute atomic E-state index is 0.0887. The highest BCUT2D eigenvalue weighted by atomic mass is 79.9. The highest BCUT2D eigenvalue weighted by Gasteiger charge is 2.16. The quantitative estimate of drug-likeness (QED) is 0.558. The number of nitrogens with zero attached hydrogens (tertiary/aromatic N) is 1. The summed E-state index contributed by atoms with van der Waals surface area (Å²) in [6.45, 7) is -0.215. The average molecular weight is 415 g/mol. The van der Waals surface area contributed by atoms with Gasteiger partial charge in [0.2, 0.25) is 0 Å². The number of benzene rings is 1. The molecule has 5 nitrogen and oxygen atoms in total. The topological polar surface area (TPSA) is 68.5 Å². The van der Waals surface area contributed by atoms with Crippen molar-refractivity contribution in [2.45, 2.75) is 6.42 Å². The number of rotatable bonds is 7. The maximum Gasteiger partial charge on any atom is 0.250 e. The second-order valence-corrected chi connectivity index (χ2v) is 6.53. The Morgan fingerprint density at radius 1 is 1.33 bits per heavy atom. The maximum atomic E-state index is 12.4. The average Bonchev–Trinajstić information content (AvgIpc) is 2.54. The van der Waals surface area contributed by atoms with E-state index in [0.29, 0.717) is 22.7 Å². The number of aliphatic hydroxyl groups excluding tert-OH is 1. The standard InChI is InChI=1S/C17H17BrClNO4/c1-20-15(8-11-2-3-12(18)9-14(11)19)13(4-5-17(20)23)16(22)10-24-7-6-21/h2-5,9,21H,6-8,10H2,1H3. The van der Waals surface area contributed by atoms with E-state index in [0.717, 1.165) is 10.0 Å². The molecular formula is C17H17BrClNO4. The van der Waals surface area contributed by atoms with Gasteiger partial charge in [-0.1, -0.05) is 33.6 Å². The van der Waals surface area contributed by atoms with Crippen molar-refractivity contribution in [3.8, 4) is 0 Å². The highest BCUT2D eigenvalue weighted by molar-refractivity contribution is 9.10. The summed E-state index contributed by atoms with van der Waals surface area (Å²) in [4.78, 5) is 24.3. The lowest BCUT2D eigenvalue weighted by molar-refractivity contribution is 0.0662. The Balaban J connectivity index is 2.38. The van der Waals surface area contributed by atoms with Crippen molar-refractivity contribution >= 4 is 33.3 Å². The van der Waals surface area contributed by atoms with Gasteiger partial charge in [0, 0.05) is 40.3 Å². The molecule has 0 fully saturated rings. The van der Waals surface area contributed by atoms with Crippen molar-refractivity contribution in [2.75, 3.05) is 19.8 Å². The smallest absolute Gasteiger partial charge is 0.250 e. The molecule has 24 heavy (non-hydrogen) atoms. The van der Waals surface area contributed by atoms with Gasteiger partial charge in [-0.05, 0) is 23.8 Å². The number of pyridine rings is 1. The Labute approximate surface area is 153 Å². The number of hydrogen-bond donors (Lipinski definition) is 1. The first kappa shape index (κ1) is 18.9. The van der Waals surface area contributed by atoms with Gasteiger partial charge in [-0.2, -0.15) is 0 Å². The zero-order chi connectivity index (χ0) is 17.7. The SMILES string of the molecule is Cn1c(Cc2ccc(Br)cc2Cl)c(C(=O)COCCO)ccc1=O. The molecule has 0 radical (unpaired) electrons. The minimum Gasteiger partial charge on any atom is -0.394 e. The Hall–Kier alpha value is -1.47. The molecule has 2 aromatic rings. The van der Waals surface area contributed by atoms with Crippen molar-refractivity contribution in [1.82, 2.24) is 4.57 Å².